The van der Waals surface area contributed by atoms with E-state index in [9.17, 15) is 18.0 Å². The van der Waals surface area contributed by atoms with E-state index in [1.54, 1.807) is 18.3 Å². The lowest BCUT2D eigenvalue weighted by atomic mass is 10.2. The number of carbonyl (C=O) groups excluding carboxylic acids is 1. The third kappa shape index (κ3) is 3.11. The molecular weight excluding hydrogens is 363 g/mol. The topological polar surface area (TPSA) is 54.9 Å². The molecule has 0 aliphatic rings. The van der Waals surface area contributed by atoms with Crippen molar-refractivity contribution >= 4 is 44.1 Å². The standard InChI is InChI=1S/C18H10F3N3OS/c19-18(20,21)11-6-15-14(23-9-11)8-16(26-15)17(25)24-12-4-3-10-2-1-5-22-13(10)7-12/h1-9H,(H,24,25). The molecule has 26 heavy (non-hydrogen) atoms. The van der Waals surface area contributed by atoms with Crippen molar-refractivity contribution in [1.29, 1.82) is 0 Å². The van der Waals surface area contributed by atoms with E-state index in [0.29, 0.717) is 15.9 Å². The van der Waals surface area contributed by atoms with Gasteiger partial charge in [0.2, 0.25) is 0 Å². The van der Waals surface area contributed by atoms with Crippen molar-refractivity contribution in [3.63, 3.8) is 0 Å². The van der Waals surface area contributed by atoms with Crippen LogP contribution >= 0.6 is 11.3 Å². The van der Waals surface area contributed by atoms with Gasteiger partial charge in [-0.15, -0.1) is 11.3 Å². The van der Waals surface area contributed by atoms with Gasteiger partial charge in [-0.05, 0) is 30.3 Å². The van der Waals surface area contributed by atoms with Gasteiger partial charge in [0.05, 0.1) is 26.2 Å². The lowest BCUT2D eigenvalue weighted by molar-refractivity contribution is -0.137. The molecule has 0 saturated carbocycles. The number of hydrogen-bond donors (Lipinski definition) is 1. The normalized spacial score (nSPS) is 11.8. The number of halogens is 3. The van der Waals surface area contributed by atoms with E-state index in [0.717, 1.165) is 34.5 Å². The molecule has 1 N–H and O–H groups in total. The van der Waals surface area contributed by atoms with Crippen molar-refractivity contribution in [1.82, 2.24) is 9.97 Å². The molecule has 130 valence electrons. The van der Waals surface area contributed by atoms with Crippen LogP contribution in [-0.4, -0.2) is 15.9 Å². The number of aromatic nitrogens is 2. The zero-order valence-electron chi connectivity index (χ0n) is 13.0. The lowest BCUT2D eigenvalue weighted by Crippen LogP contribution is -2.09. The van der Waals surface area contributed by atoms with Gasteiger partial charge in [-0.2, -0.15) is 13.2 Å². The predicted molar refractivity (Wildman–Crippen MR) is 94.3 cm³/mol. The summed E-state index contributed by atoms with van der Waals surface area (Å²) >= 11 is 0.968. The Morgan fingerprint density at radius 3 is 2.69 bits per heavy atom. The van der Waals surface area contributed by atoms with E-state index >= 15 is 0 Å². The largest absolute Gasteiger partial charge is 0.417 e. The highest BCUT2D eigenvalue weighted by Gasteiger charge is 2.31. The van der Waals surface area contributed by atoms with Crippen molar-refractivity contribution in [2.75, 3.05) is 5.32 Å². The number of nitrogens with zero attached hydrogens (tertiary/aromatic N) is 2. The first kappa shape index (κ1) is 16.5. The number of hydrogen-bond acceptors (Lipinski definition) is 4. The molecule has 0 saturated heterocycles. The second-order valence-electron chi connectivity index (χ2n) is 5.58. The molecule has 0 aliphatic carbocycles. The molecule has 1 amide bonds. The number of alkyl halides is 3. The van der Waals surface area contributed by atoms with Crippen molar-refractivity contribution < 1.29 is 18.0 Å². The summed E-state index contributed by atoms with van der Waals surface area (Å²) in [4.78, 5) is 20.7. The molecule has 0 spiro atoms. The van der Waals surface area contributed by atoms with Crippen LogP contribution < -0.4 is 5.32 Å². The third-order valence-corrected chi connectivity index (χ3v) is 4.85. The Bertz CT molecular complexity index is 1140. The minimum Gasteiger partial charge on any atom is -0.321 e. The smallest absolute Gasteiger partial charge is 0.321 e. The van der Waals surface area contributed by atoms with Crippen molar-refractivity contribution in [3.8, 4) is 0 Å². The Balaban J connectivity index is 1.62. The van der Waals surface area contributed by atoms with E-state index in [1.807, 2.05) is 18.2 Å². The molecule has 8 heteroatoms. The summed E-state index contributed by atoms with van der Waals surface area (Å²) in [6.07, 6.45) is -2.04. The molecule has 3 aromatic heterocycles. The zero-order chi connectivity index (χ0) is 18.3. The average Bonchev–Trinajstić information content (AvgIpc) is 3.04. The molecule has 0 fully saturated rings. The van der Waals surface area contributed by atoms with Gasteiger partial charge in [0.15, 0.2) is 0 Å². The molecule has 1 aromatic carbocycles. The molecule has 4 rings (SSSR count). The fourth-order valence-corrected chi connectivity index (χ4v) is 3.47. The molecule has 0 bridgehead atoms. The van der Waals surface area contributed by atoms with Crippen molar-refractivity contribution in [2.45, 2.75) is 6.18 Å². The van der Waals surface area contributed by atoms with Gasteiger partial charge in [0.25, 0.3) is 5.91 Å². The highest BCUT2D eigenvalue weighted by Crippen LogP contribution is 2.33. The SMILES string of the molecule is O=C(Nc1ccc2cccnc2c1)c1cc2ncc(C(F)(F)F)cc2s1. The first-order chi connectivity index (χ1) is 12.4. The first-order valence-corrected chi connectivity index (χ1v) is 8.35. The number of rotatable bonds is 2. The summed E-state index contributed by atoms with van der Waals surface area (Å²) in [5.41, 5.74) is 0.813. The second-order valence-corrected chi connectivity index (χ2v) is 6.66. The van der Waals surface area contributed by atoms with E-state index in [2.05, 4.69) is 15.3 Å². The van der Waals surface area contributed by atoms with Gasteiger partial charge in [-0.3, -0.25) is 14.8 Å². The van der Waals surface area contributed by atoms with Crippen LogP contribution in [0, 0.1) is 0 Å². The van der Waals surface area contributed by atoms with Crippen LogP contribution in [0.1, 0.15) is 15.2 Å². The quantitative estimate of drug-likeness (QED) is 0.531. The lowest BCUT2D eigenvalue weighted by Gasteiger charge is -2.04. The molecule has 0 atom stereocenters. The van der Waals surface area contributed by atoms with E-state index in [1.165, 1.54) is 6.07 Å². The van der Waals surface area contributed by atoms with Crippen LogP contribution in [0.4, 0.5) is 18.9 Å². The minimum absolute atomic E-state index is 0.285. The molecule has 3 heterocycles. The van der Waals surface area contributed by atoms with Crippen LogP contribution in [-0.2, 0) is 6.18 Å². The van der Waals surface area contributed by atoms with Gasteiger partial charge in [0.1, 0.15) is 0 Å². The molecule has 0 aliphatic heterocycles. The number of fused-ring (bicyclic) bond motifs is 2. The Labute approximate surface area is 149 Å². The fraction of sp³-hybridized carbons (Fsp3) is 0.0556. The monoisotopic (exact) mass is 373 g/mol. The number of pyridine rings is 2. The summed E-state index contributed by atoms with van der Waals surface area (Å²) in [6, 6.07) is 11.5. The highest BCUT2D eigenvalue weighted by atomic mass is 32.1. The van der Waals surface area contributed by atoms with Crippen molar-refractivity contribution in [2.24, 2.45) is 0 Å². The third-order valence-electron chi connectivity index (χ3n) is 3.78. The maximum atomic E-state index is 12.8. The summed E-state index contributed by atoms with van der Waals surface area (Å²) in [5, 5.41) is 3.68. The molecule has 4 nitrogen and oxygen atoms in total. The van der Waals surface area contributed by atoms with Crippen LogP contribution in [0.2, 0.25) is 0 Å². The highest BCUT2D eigenvalue weighted by molar-refractivity contribution is 7.20. The van der Waals surface area contributed by atoms with Crippen LogP contribution in [0.3, 0.4) is 0 Å². The molecular formula is C18H10F3N3OS. The van der Waals surface area contributed by atoms with Gasteiger partial charge < -0.3 is 5.32 Å². The number of amides is 1. The second kappa shape index (κ2) is 6.06. The zero-order valence-corrected chi connectivity index (χ0v) is 13.9. The Hall–Kier alpha value is -3.00. The summed E-state index contributed by atoms with van der Waals surface area (Å²) < 4.78 is 38.6. The number of anilines is 1. The van der Waals surface area contributed by atoms with E-state index in [4.69, 9.17) is 0 Å². The van der Waals surface area contributed by atoms with Gasteiger partial charge in [-0.1, -0.05) is 12.1 Å². The Kier molecular flexibility index (Phi) is 3.84. The molecule has 0 radical (unpaired) electrons. The maximum Gasteiger partial charge on any atom is 0.417 e. The number of thiophene rings is 1. The van der Waals surface area contributed by atoms with Gasteiger partial charge >= 0.3 is 6.18 Å². The van der Waals surface area contributed by atoms with Gasteiger partial charge in [-0.25, -0.2) is 0 Å². The predicted octanol–water partition coefficient (Wildman–Crippen LogP) is 5.12. The van der Waals surface area contributed by atoms with E-state index in [-0.39, 0.29) is 4.88 Å². The Morgan fingerprint density at radius 2 is 1.88 bits per heavy atom. The molecule has 4 aromatic rings. The number of carbonyl (C=O) groups is 1. The fourth-order valence-electron chi connectivity index (χ4n) is 2.52. The minimum atomic E-state index is -4.47. The van der Waals surface area contributed by atoms with Crippen LogP contribution in [0.15, 0.2) is 54.9 Å². The molecule has 0 unspecified atom stereocenters. The number of benzene rings is 1. The van der Waals surface area contributed by atoms with Gasteiger partial charge in [0, 0.05) is 23.5 Å². The van der Waals surface area contributed by atoms with Crippen molar-refractivity contribution in [3.05, 3.63) is 65.3 Å². The van der Waals surface area contributed by atoms with E-state index < -0.39 is 17.6 Å². The summed E-state index contributed by atoms with van der Waals surface area (Å²) in [6.45, 7) is 0. The maximum absolute atomic E-state index is 12.8. The summed E-state index contributed by atoms with van der Waals surface area (Å²) in [7, 11) is 0. The average molecular weight is 373 g/mol. The number of nitrogens with one attached hydrogen (secondary N) is 1. The first-order valence-electron chi connectivity index (χ1n) is 7.53. The van der Waals surface area contributed by atoms with Crippen LogP contribution in [0.5, 0.6) is 0 Å². The van der Waals surface area contributed by atoms with Crippen LogP contribution in [0.25, 0.3) is 21.1 Å². The Morgan fingerprint density at radius 1 is 1.04 bits per heavy atom. The summed E-state index contributed by atoms with van der Waals surface area (Å²) in [5.74, 6) is -0.406.